The van der Waals surface area contributed by atoms with Crippen LogP contribution in [-0.4, -0.2) is 16.5 Å². The third-order valence-corrected chi connectivity index (χ3v) is 6.39. The van der Waals surface area contributed by atoms with Gasteiger partial charge in [0.1, 0.15) is 5.78 Å². The van der Waals surface area contributed by atoms with Gasteiger partial charge in [-0.15, -0.1) is 6.58 Å². The minimum absolute atomic E-state index is 0.00852. The van der Waals surface area contributed by atoms with Gasteiger partial charge in [0, 0.05) is 12.8 Å². The molecule has 2 heteroatoms. The topological polar surface area (TPSA) is 37.3 Å². The Labute approximate surface area is 135 Å². The average molecular weight is 304 g/mol. The van der Waals surface area contributed by atoms with Crippen molar-refractivity contribution >= 4 is 5.78 Å². The van der Waals surface area contributed by atoms with Crippen molar-refractivity contribution in [1.82, 2.24) is 0 Å². The lowest BCUT2D eigenvalue weighted by molar-refractivity contribution is -0.138. The molecule has 2 aliphatic rings. The van der Waals surface area contributed by atoms with Gasteiger partial charge in [0.2, 0.25) is 0 Å². The summed E-state index contributed by atoms with van der Waals surface area (Å²) in [5, 5.41) is 10.3. The van der Waals surface area contributed by atoms with E-state index in [4.69, 9.17) is 0 Å². The van der Waals surface area contributed by atoms with Crippen LogP contribution in [0.2, 0.25) is 0 Å². The highest BCUT2D eigenvalue weighted by molar-refractivity contribution is 5.81. The van der Waals surface area contributed by atoms with Gasteiger partial charge >= 0.3 is 0 Å². The molecular formula is C20H32O2. The number of carbonyl (C=O) groups is 1. The van der Waals surface area contributed by atoms with Crippen LogP contribution in [0.15, 0.2) is 24.8 Å². The van der Waals surface area contributed by atoms with E-state index in [9.17, 15) is 9.90 Å². The van der Waals surface area contributed by atoms with Gasteiger partial charge in [0.25, 0.3) is 0 Å². The fourth-order valence-corrected chi connectivity index (χ4v) is 5.26. The second-order valence-electron chi connectivity index (χ2n) is 8.79. The monoisotopic (exact) mass is 304 g/mol. The largest absolute Gasteiger partial charge is 0.386 e. The van der Waals surface area contributed by atoms with E-state index in [0.717, 1.165) is 19.3 Å². The molecule has 4 atom stereocenters. The number of hydrogen-bond donors (Lipinski definition) is 1. The van der Waals surface area contributed by atoms with E-state index in [-0.39, 0.29) is 10.8 Å². The van der Waals surface area contributed by atoms with Gasteiger partial charge in [-0.1, -0.05) is 39.0 Å². The van der Waals surface area contributed by atoms with E-state index in [0.29, 0.717) is 36.9 Å². The van der Waals surface area contributed by atoms with E-state index in [1.165, 1.54) is 5.57 Å². The molecule has 2 rings (SSSR count). The minimum Gasteiger partial charge on any atom is -0.386 e. The predicted molar refractivity (Wildman–Crippen MR) is 91.5 cm³/mol. The van der Waals surface area contributed by atoms with Crippen molar-refractivity contribution in [2.24, 2.45) is 22.7 Å². The second kappa shape index (κ2) is 5.63. The summed E-state index contributed by atoms with van der Waals surface area (Å²) in [5.41, 5.74) is 0.497. The lowest BCUT2D eigenvalue weighted by atomic mass is 9.47. The zero-order chi connectivity index (χ0) is 16.8. The second-order valence-corrected chi connectivity index (χ2v) is 8.79. The summed E-state index contributed by atoms with van der Waals surface area (Å²) in [6.07, 6.45) is 6.75. The van der Waals surface area contributed by atoms with Gasteiger partial charge < -0.3 is 5.11 Å². The van der Waals surface area contributed by atoms with E-state index in [1.54, 1.807) is 13.0 Å². The number of aliphatic hydroxyl groups is 1. The molecule has 2 fully saturated rings. The number of Topliss-reactive ketones (excluding diaryl/α,β-unsaturated/α-hetero) is 1. The number of rotatable bonds is 4. The molecule has 2 saturated carbocycles. The van der Waals surface area contributed by atoms with Crippen LogP contribution < -0.4 is 0 Å². The fourth-order valence-electron chi connectivity index (χ4n) is 5.26. The maximum Gasteiger partial charge on any atom is 0.134 e. The molecule has 0 bridgehead atoms. The zero-order valence-corrected chi connectivity index (χ0v) is 14.7. The Hall–Kier alpha value is -0.890. The highest BCUT2D eigenvalue weighted by Gasteiger charge is 2.55. The van der Waals surface area contributed by atoms with Crippen LogP contribution in [0, 0.1) is 22.7 Å². The minimum atomic E-state index is -0.836. The molecule has 0 spiro atoms. The molecule has 0 aliphatic heterocycles. The zero-order valence-electron chi connectivity index (χ0n) is 14.7. The molecule has 0 heterocycles. The van der Waals surface area contributed by atoms with Gasteiger partial charge in [-0.25, -0.2) is 0 Å². The van der Waals surface area contributed by atoms with Crippen LogP contribution in [0.5, 0.6) is 0 Å². The lowest BCUT2D eigenvalue weighted by Gasteiger charge is -2.57. The van der Waals surface area contributed by atoms with Crippen LogP contribution in [0.1, 0.15) is 66.2 Å². The number of carbonyl (C=O) groups excluding carboxylic acids is 1. The molecule has 1 N–H and O–H groups in total. The Morgan fingerprint density at radius 3 is 2.59 bits per heavy atom. The third-order valence-electron chi connectivity index (χ3n) is 6.39. The number of hydrogen-bond acceptors (Lipinski definition) is 2. The van der Waals surface area contributed by atoms with Crippen LogP contribution in [-0.2, 0) is 4.79 Å². The first-order chi connectivity index (χ1) is 10.0. The maximum absolute atomic E-state index is 12.4. The summed E-state index contributed by atoms with van der Waals surface area (Å²) < 4.78 is 0. The highest BCUT2D eigenvalue weighted by Crippen LogP contribution is 2.61. The molecule has 0 aromatic carbocycles. The standard InChI is InChI=1S/C20H32O2/c1-7-19(5,22)11-10-16-14(2)8-9-17-18(3,4)12-15(21)13-20(16,17)6/h7,16-17,22H,1-2,8-13H2,3-6H3. The summed E-state index contributed by atoms with van der Waals surface area (Å²) in [4.78, 5) is 12.4. The molecule has 2 nitrogen and oxygen atoms in total. The molecule has 0 aromatic rings. The van der Waals surface area contributed by atoms with Gasteiger partial charge in [0.05, 0.1) is 5.60 Å². The summed E-state index contributed by atoms with van der Waals surface area (Å²) >= 11 is 0. The summed E-state index contributed by atoms with van der Waals surface area (Å²) in [6, 6.07) is 0. The van der Waals surface area contributed by atoms with Gasteiger partial charge in [-0.2, -0.15) is 0 Å². The molecule has 0 saturated heterocycles. The van der Waals surface area contributed by atoms with Crippen molar-refractivity contribution in [3.8, 4) is 0 Å². The van der Waals surface area contributed by atoms with Crippen molar-refractivity contribution < 1.29 is 9.90 Å². The van der Waals surface area contributed by atoms with Crippen LogP contribution >= 0.6 is 0 Å². The normalized spacial score (nSPS) is 37.3. The van der Waals surface area contributed by atoms with E-state index in [1.807, 2.05) is 0 Å². The van der Waals surface area contributed by atoms with E-state index in [2.05, 4.69) is 33.9 Å². The average Bonchev–Trinajstić information content (AvgIpc) is 2.35. The first kappa shape index (κ1) is 17.5. The molecule has 0 aromatic heterocycles. The molecule has 0 radical (unpaired) electrons. The Balaban J connectivity index is 2.28. The van der Waals surface area contributed by atoms with Crippen LogP contribution in [0.4, 0.5) is 0 Å². The number of allylic oxidation sites excluding steroid dienone is 1. The maximum atomic E-state index is 12.4. The predicted octanol–water partition coefficient (Wildman–Crippen LogP) is 4.68. The van der Waals surface area contributed by atoms with Crippen molar-refractivity contribution in [2.45, 2.75) is 71.8 Å². The van der Waals surface area contributed by atoms with Gasteiger partial charge in [-0.3, -0.25) is 4.79 Å². The molecule has 2 aliphatic carbocycles. The highest BCUT2D eigenvalue weighted by atomic mass is 16.3. The van der Waals surface area contributed by atoms with Crippen LogP contribution in [0.25, 0.3) is 0 Å². The molecule has 124 valence electrons. The van der Waals surface area contributed by atoms with E-state index < -0.39 is 5.60 Å². The molecule has 22 heavy (non-hydrogen) atoms. The SMILES string of the molecule is C=CC(C)(O)CCC1C(=C)CCC2C(C)(C)CC(=O)CC12C. The van der Waals surface area contributed by atoms with Gasteiger partial charge in [0.15, 0.2) is 0 Å². The first-order valence-electron chi connectivity index (χ1n) is 8.57. The third kappa shape index (κ3) is 3.08. The summed E-state index contributed by atoms with van der Waals surface area (Å²) in [6.45, 7) is 16.6. The Kier molecular flexibility index (Phi) is 4.47. The van der Waals surface area contributed by atoms with Crippen molar-refractivity contribution in [1.29, 1.82) is 0 Å². The van der Waals surface area contributed by atoms with Crippen molar-refractivity contribution in [2.75, 3.05) is 0 Å². The van der Waals surface area contributed by atoms with E-state index >= 15 is 0 Å². The first-order valence-corrected chi connectivity index (χ1v) is 8.57. The van der Waals surface area contributed by atoms with Gasteiger partial charge in [-0.05, 0) is 55.3 Å². The smallest absolute Gasteiger partial charge is 0.134 e. The summed E-state index contributed by atoms with van der Waals surface area (Å²) in [5.74, 6) is 1.27. The number of fused-ring (bicyclic) bond motifs is 1. The quantitative estimate of drug-likeness (QED) is 0.766. The molecule has 4 unspecified atom stereocenters. The lowest BCUT2D eigenvalue weighted by Crippen LogP contribution is -2.52. The molecular weight excluding hydrogens is 272 g/mol. The van der Waals surface area contributed by atoms with Crippen LogP contribution in [0.3, 0.4) is 0 Å². The number of ketones is 1. The van der Waals surface area contributed by atoms with Crippen molar-refractivity contribution in [3.05, 3.63) is 24.8 Å². The summed E-state index contributed by atoms with van der Waals surface area (Å²) in [7, 11) is 0. The van der Waals surface area contributed by atoms with Crippen molar-refractivity contribution in [3.63, 3.8) is 0 Å². The Bertz CT molecular complexity index is 486. The fraction of sp³-hybridized carbons (Fsp3) is 0.750. The Morgan fingerprint density at radius 2 is 2.00 bits per heavy atom. The Morgan fingerprint density at radius 1 is 1.36 bits per heavy atom. The molecule has 0 amide bonds.